The molecule has 1 nitrogen and oxygen atoms in total. The Labute approximate surface area is 190 Å². The number of hydrogen-bond donors (Lipinski definition) is 0. The van der Waals surface area contributed by atoms with Crippen molar-refractivity contribution in [3.8, 4) is 16.9 Å². The molecule has 2 aliphatic carbocycles. The van der Waals surface area contributed by atoms with Crippen LogP contribution in [0.15, 0.2) is 60.7 Å². The minimum atomic E-state index is -4.19. The molecule has 1 saturated carbocycles. The van der Waals surface area contributed by atoms with E-state index in [9.17, 15) is 30.7 Å². The number of alkyl halides is 2. The van der Waals surface area contributed by atoms with Gasteiger partial charge in [-0.1, -0.05) is 30.4 Å². The number of allylic oxidation sites excluding steroid dienone is 2. The van der Waals surface area contributed by atoms with E-state index in [1.165, 1.54) is 18.2 Å². The van der Waals surface area contributed by atoms with Crippen molar-refractivity contribution in [1.82, 2.24) is 0 Å². The molecule has 0 aliphatic heterocycles. The van der Waals surface area contributed by atoms with Crippen molar-refractivity contribution in [2.75, 3.05) is 0 Å². The molecule has 0 radical (unpaired) electrons. The predicted molar refractivity (Wildman–Crippen MR) is 111 cm³/mol. The van der Waals surface area contributed by atoms with Gasteiger partial charge in [-0.15, -0.1) is 0 Å². The second-order valence-corrected chi connectivity index (χ2v) is 8.70. The van der Waals surface area contributed by atoms with E-state index in [4.69, 9.17) is 0 Å². The highest BCUT2D eigenvalue weighted by atomic mass is 19.3. The van der Waals surface area contributed by atoms with Gasteiger partial charge in [0.25, 0.3) is 0 Å². The fourth-order valence-corrected chi connectivity index (χ4v) is 4.88. The molecule has 34 heavy (non-hydrogen) atoms. The van der Waals surface area contributed by atoms with Crippen LogP contribution in [0.4, 0.5) is 30.7 Å². The third-order valence-electron chi connectivity index (χ3n) is 6.62. The lowest BCUT2D eigenvalue weighted by molar-refractivity contribution is -0.187. The molecular formula is C26H17F7O. The molecule has 2 bridgehead atoms. The molecule has 0 saturated heterocycles. The zero-order valence-electron chi connectivity index (χ0n) is 17.5. The zero-order chi connectivity index (χ0) is 24.3. The van der Waals surface area contributed by atoms with Gasteiger partial charge in [0.15, 0.2) is 29.1 Å². The molecule has 1 unspecified atom stereocenters. The number of benzene rings is 3. The van der Waals surface area contributed by atoms with Crippen molar-refractivity contribution < 1.29 is 35.5 Å². The molecule has 176 valence electrons. The number of rotatable bonds is 5. The van der Waals surface area contributed by atoms with Crippen molar-refractivity contribution in [2.45, 2.75) is 30.8 Å². The molecule has 8 heteroatoms. The SMILES string of the molecule is Fc1cc(-c2ccc(OC(F)(F)c3ccc([C@@]45C=CC(CC4)C5)c(F)c3F)cc2)cc(F)c1F. The van der Waals surface area contributed by atoms with Gasteiger partial charge in [-0.3, -0.25) is 0 Å². The predicted octanol–water partition coefficient (Wildman–Crippen LogP) is 7.79. The Kier molecular flexibility index (Phi) is 5.22. The number of ether oxygens (including phenoxy) is 1. The lowest BCUT2D eigenvalue weighted by Gasteiger charge is -2.26. The Morgan fingerprint density at radius 1 is 0.794 bits per heavy atom. The highest BCUT2D eigenvalue weighted by molar-refractivity contribution is 5.64. The average molecular weight is 478 g/mol. The van der Waals surface area contributed by atoms with Gasteiger partial charge in [-0.05, 0) is 66.6 Å². The van der Waals surface area contributed by atoms with E-state index in [0.717, 1.165) is 36.8 Å². The third kappa shape index (κ3) is 3.65. The zero-order valence-corrected chi connectivity index (χ0v) is 17.5. The van der Waals surface area contributed by atoms with Crippen LogP contribution in [0, 0.1) is 35.0 Å². The summed E-state index contributed by atoms with van der Waals surface area (Å²) in [5.74, 6) is -7.51. The summed E-state index contributed by atoms with van der Waals surface area (Å²) in [5, 5.41) is 0. The molecule has 3 aromatic carbocycles. The maximum atomic E-state index is 14.9. The van der Waals surface area contributed by atoms with Crippen molar-refractivity contribution in [3.63, 3.8) is 0 Å². The van der Waals surface area contributed by atoms with Gasteiger partial charge in [0.1, 0.15) is 11.3 Å². The molecule has 5 rings (SSSR count). The van der Waals surface area contributed by atoms with Gasteiger partial charge >= 0.3 is 6.11 Å². The van der Waals surface area contributed by atoms with Gasteiger partial charge in [-0.2, -0.15) is 8.78 Å². The summed E-state index contributed by atoms with van der Waals surface area (Å²) in [6.45, 7) is 0. The van der Waals surface area contributed by atoms with E-state index in [2.05, 4.69) is 4.74 Å². The van der Waals surface area contributed by atoms with Crippen LogP contribution in [0.25, 0.3) is 11.1 Å². The fourth-order valence-electron chi connectivity index (χ4n) is 4.88. The van der Waals surface area contributed by atoms with Gasteiger partial charge in [0.2, 0.25) is 0 Å². The van der Waals surface area contributed by atoms with Crippen LogP contribution < -0.4 is 4.74 Å². The summed E-state index contributed by atoms with van der Waals surface area (Å²) >= 11 is 0. The highest BCUT2D eigenvalue weighted by Gasteiger charge is 2.46. The molecule has 0 heterocycles. The van der Waals surface area contributed by atoms with E-state index in [-0.39, 0.29) is 22.6 Å². The van der Waals surface area contributed by atoms with E-state index in [1.54, 1.807) is 0 Å². The lowest BCUT2D eigenvalue weighted by Crippen LogP contribution is -2.26. The molecule has 3 aromatic rings. The van der Waals surface area contributed by atoms with Crippen molar-refractivity contribution in [1.29, 1.82) is 0 Å². The molecule has 0 spiro atoms. The van der Waals surface area contributed by atoms with Crippen molar-refractivity contribution in [2.24, 2.45) is 5.92 Å². The molecule has 0 amide bonds. The van der Waals surface area contributed by atoms with Gasteiger partial charge < -0.3 is 4.74 Å². The topological polar surface area (TPSA) is 9.23 Å². The monoisotopic (exact) mass is 478 g/mol. The Bertz CT molecular complexity index is 1280. The molecular weight excluding hydrogens is 461 g/mol. The molecule has 0 aromatic heterocycles. The first-order valence-electron chi connectivity index (χ1n) is 10.6. The van der Waals surface area contributed by atoms with Gasteiger partial charge in [0.05, 0.1) is 0 Å². The third-order valence-corrected chi connectivity index (χ3v) is 6.62. The first-order chi connectivity index (χ1) is 16.1. The van der Waals surface area contributed by atoms with Crippen molar-refractivity contribution in [3.05, 3.63) is 101 Å². The Morgan fingerprint density at radius 2 is 1.47 bits per heavy atom. The van der Waals surface area contributed by atoms with E-state index >= 15 is 0 Å². The fraction of sp³-hybridized carbons (Fsp3) is 0.231. The second kappa shape index (κ2) is 7.89. The van der Waals surface area contributed by atoms with Crippen LogP contribution in [-0.2, 0) is 11.5 Å². The minimum Gasteiger partial charge on any atom is -0.429 e. The summed E-state index contributed by atoms with van der Waals surface area (Å²) in [7, 11) is 0. The first-order valence-corrected chi connectivity index (χ1v) is 10.6. The van der Waals surface area contributed by atoms with Crippen LogP contribution in [0.5, 0.6) is 5.75 Å². The molecule has 0 N–H and O–H groups in total. The van der Waals surface area contributed by atoms with Gasteiger partial charge in [0, 0.05) is 11.0 Å². The Balaban J connectivity index is 1.39. The smallest absolute Gasteiger partial charge is 0.429 e. The largest absolute Gasteiger partial charge is 0.429 e. The van der Waals surface area contributed by atoms with Gasteiger partial charge in [-0.25, -0.2) is 22.0 Å². The van der Waals surface area contributed by atoms with E-state index in [1.807, 2.05) is 12.2 Å². The lowest BCUT2D eigenvalue weighted by atomic mass is 9.79. The normalized spacial score (nSPS) is 21.3. The van der Waals surface area contributed by atoms with E-state index < -0.39 is 51.9 Å². The maximum Gasteiger partial charge on any atom is 0.429 e. The molecule has 2 aliphatic rings. The highest BCUT2D eigenvalue weighted by Crippen LogP contribution is 2.52. The minimum absolute atomic E-state index is 0.0205. The summed E-state index contributed by atoms with van der Waals surface area (Å²) in [4.78, 5) is 0. The summed E-state index contributed by atoms with van der Waals surface area (Å²) in [5.41, 5.74) is -1.67. The van der Waals surface area contributed by atoms with E-state index in [0.29, 0.717) is 12.8 Å². The van der Waals surface area contributed by atoms with Crippen molar-refractivity contribution >= 4 is 0 Å². The number of hydrogen-bond acceptors (Lipinski definition) is 1. The number of halogens is 7. The van der Waals surface area contributed by atoms with Crippen LogP contribution in [0.1, 0.15) is 30.4 Å². The maximum absolute atomic E-state index is 14.9. The van der Waals surface area contributed by atoms with Crippen LogP contribution >= 0.6 is 0 Å². The number of fused-ring (bicyclic) bond motifs is 2. The second-order valence-electron chi connectivity index (χ2n) is 8.70. The Hall–Kier alpha value is -3.29. The average Bonchev–Trinajstić information content (AvgIpc) is 3.41. The Morgan fingerprint density at radius 3 is 2.03 bits per heavy atom. The summed E-state index contributed by atoms with van der Waals surface area (Å²) < 4.78 is 104. The van der Waals surface area contributed by atoms with Crippen LogP contribution in [0.3, 0.4) is 0 Å². The quantitative estimate of drug-likeness (QED) is 0.207. The van der Waals surface area contributed by atoms with Crippen LogP contribution in [-0.4, -0.2) is 0 Å². The summed E-state index contributed by atoms with van der Waals surface area (Å²) in [6, 6.07) is 8.13. The van der Waals surface area contributed by atoms with Crippen LogP contribution in [0.2, 0.25) is 0 Å². The summed E-state index contributed by atoms with van der Waals surface area (Å²) in [6.07, 6.45) is 1.68. The standard InChI is InChI=1S/C26H17F7O/c27-20-11-16(12-21(28)24(20)31)15-1-3-17(4-2-15)34-26(32,33)19-6-5-18(22(29)23(19)30)25-9-7-14(13-25)8-10-25/h1-7,9,11-12,14H,8,10,13H2/t14?,25-/m0/s1. The molecule has 2 atom stereocenters. The molecule has 1 fully saturated rings. The first kappa shape index (κ1) is 22.5.